The van der Waals surface area contributed by atoms with E-state index >= 15 is 0 Å². The van der Waals surface area contributed by atoms with Crippen molar-refractivity contribution in [1.29, 1.82) is 0 Å². The molecule has 3 heteroatoms. The van der Waals surface area contributed by atoms with Crippen LogP contribution in [0.2, 0.25) is 0 Å². The van der Waals surface area contributed by atoms with E-state index in [-0.39, 0.29) is 11.4 Å². The van der Waals surface area contributed by atoms with Crippen LogP contribution in [-0.2, 0) is 4.79 Å². The number of rotatable bonds is 3. The molecule has 2 saturated carbocycles. The summed E-state index contributed by atoms with van der Waals surface area (Å²) in [6.45, 7) is 3.79. The number of fused-ring (bicyclic) bond motifs is 2. The van der Waals surface area contributed by atoms with Crippen molar-refractivity contribution in [1.82, 2.24) is 5.32 Å². The lowest BCUT2D eigenvalue weighted by Gasteiger charge is -2.25. The fourth-order valence-electron chi connectivity index (χ4n) is 3.09. The molecule has 0 aromatic rings. The lowest BCUT2D eigenvalue weighted by molar-refractivity contribution is -0.123. The first kappa shape index (κ1) is 10.9. The van der Waals surface area contributed by atoms with Crippen molar-refractivity contribution in [2.24, 2.45) is 17.6 Å². The minimum atomic E-state index is -0.387. The van der Waals surface area contributed by atoms with Crippen LogP contribution in [0.15, 0.2) is 0 Å². The largest absolute Gasteiger partial charge is 0.353 e. The molecular weight excluding hydrogens is 188 g/mol. The van der Waals surface area contributed by atoms with Crippen LogP contribution in [0, 0.1) is 11.8 Å². The molecule has 15 heavy (non-hydrogen) atoms. The first-order valence-electron chi connectivity index (χ1n) is 6.02. The Kier molecular flexibility index (Phi) is 2.75. The second-order valence-corrected chi connectivity index (χ2v) is 6.01. The van der Waals surface area contributed by atoms with Gasteiger partial charge in [-0.2, -0.15) is 0 Å². The zero-order valence-corrected chi connectivity index (χ0v) is 9.75. The molecule has 3 nitrogen and oxygen atoms in total. The van der Waals surface area contributed by atoms with Crippen molar-refractivity contribution in [3.63, 3.8) is 0 Å². The molecule has 3 N–H and O–H groups in total. The minimum absolute atomic E-state index is 0.125. The van der Waals surface area contributed by atoms with Crippen molar-refractivity contribution in [3.05, 3.63) is 0 Å². The molecule has 2 aliphatic carbocycles. The second-order valence-electron chi connectivity index (χ2n) is 6.01. The first-order chi connectivity index (χ1) is 6.94. The third-order valence-electron chi connectivity index (χ3n) is 3.70. The monoisotopic (exact) mass is 210 g/mol. The number of hydrogen-bond donors (Lipinski definition) is 2. The van der Waals surface area contributed by atoms with E-state index in [0.29, 0.717) is 12.5 Å². The Morgan fingerprint density at radius 3 is 2.60 bits per heavy atom. The molecule has 0 heterocycles. The Hall–Kier alpha value is -0.570. The van der Waals surface area contributed by atoms with Crippen LogP contribution < -0.4 is 11.1 Å². The number of nitrogens with two attached hydrogens (primary N) is 1. The fourth-order valence-corrected chi connectivity index (χ4v) is 3.09. The van der Waals surface area contributed by atoms with Crippen LogP contribution in [0.4, 0.5) is 0 Å². The molecule has 2 fully saturated rings. The zero-order chi connectivity index (χ0) is 11.1. The van der Waals surface area contributed by atoms with E-state index in [1.807, 2.05) is 13.8 Å². The Labute approximate surface area is 91.8 Å². The van der Waals surface area contributed by atoms with Crippen LogP contribution in [0.25, 0.3) is 0 Å². The van der Waals surface area contributed by atoms with Gasteiger partial charge in [-0.1, -0.05) is 6.42 Å². The predicted octanol–water partition coefficient (Wildman–Crippen LogP) is 1.42. The van der Waals surface area contributed by atoms with Gasteiger partial charge in [0.25, 0.3) is 0 Å². The molecule has 0 aliphatic heterocycles. The maximum atomic E-state index is 11.7. The van der Waals surface area contributed by atoms with E-state index < -0.39 is 0 Å². The third kappa shape index (κ3) is 2.71. The normalized spacial score (nSPS) is 34.5. The smallest absolute Gasteiger partial charge is 0.222 e. The molecular formula is C12H22N2O. The number of hydrogen-bond acceptors (Lipinski definition) is 2. The summed E-state index contributed by atoms with van der Waals surface area (Å²) >= 11 is 0. The van der Waals surface area contributed by atoms with Gasteiger partial charge < -0.3 is 11.1 Å². The fraction of sp³-hybridized carbons (Fsp3) is 0.917. The highest BCUT2D eigenvalue weighted by Crippen LogP contribution is 2.44. The molecule has 0 aromatic carbocycles. The summed E-state index contributed by atoms with van der Waals surface area (Å²) < 4.78 is 0. The van der Waals surface area contributed by atoms with E-state index in [0.717, 1.165) is 11.8 Å². The molecule has 3 atom stereocenters. The maximum absolute atomic E-state index is 11.7. The molecule has 0 saturated heterocycles. The van der Waals surface area contributed by atoms with Gasteiger partial charge in [0, 0.05) is 18.0 Å². The van der Waals surface area contributed by atoms with E-state index in [1.165, 1.54) is 25.7 Å². The molecule has 3 unspecified atom stereocenters. The first-order valence-corrected chi connectivity index (χ1v) is 6.02. The minimum Gasteiger partial charge on any atom is -0.353 e. The summed E-state index contributed by atoms with van der Waals surface area (Å²) in [5, 5.41) is 3.15. The Morgan fingerprint density at radius 2 is 2.13 bits per heavy atom. The summed E-state index contributed by atoms with van der Waals surface area (Å²) in [6, 6.07) is 0.443. The van der Waals surface area contributed by atoms with Crippen molar-refractivity contribution in [2.45, 2.75) is 57.5 Å². The van der Waals surface area contributed by atoms with Gasteiger partial charge in [0.05, 0.1) is 0 Å². The lowest BCUT2D eigenvalue weighted by Crippen LogP contribution is -2.44. The molecule has 2 bridgehead atoms. The summed E-state index contributed by atoms with van der Waals surface area (Å²) in [5.74, 6) is 1.76. The summed E-state index contributed by atoms with van der Waals surface area (Å²) in [4.78, 5) is 11.7. The van der Waals surface area contributed by atoms with Gasteiger partial charge in [-0.25, -0.2) is 0 Å². The van der Waals surface area contributed by atoms with Crippen molar-refractivity contribution in [3.8, 4) is 0 Å². The van der Waals surface area contributed by atoms with E-state index in [4.69, 9.17) is 5.73 Å². The Bertz CT molecular complexity index is 257. The average Bonchev–Trinajstić information content (AvgIpc) is 2.60. The topological polar surface area (TPSA) is 55.1 Å². The molecule has 2 rings (SSSR count). The number of carbonyl (C=O) groups excluding carboxylic acids is 1. The molecule has 0 radical (unpaired) electrons. The standard InChI is InChI=1S/C12H22N2O/c1-12(2,13)7-11(15)14-10-6-8-3-4-9(10)5-8/h8-10H,3-7,13H2,1-2H3,(H,14,15). The van der Waals surface area contributed by atoms with Crippen LogP contribution in [0.1, 0.15) is 46.0 Å². The van der Waals surface area contributed by atoms with Crippen molar-refractivity contribution in [2.75, 3.05) is 0 Å². The highest BCUT2D eigenvalue weighted by Gasteiger charge is 2.40. The van der Waals surface area contributed by atoms with Gasteiger partial charge in [-0.05, 0) is 44.9 Å². The average molecular weight is 210 g/mol. The number of amides is 1. The van der Waals surface area contributed by atoms with Gasteiger partial charge in [-0.3, -0.25) is 4.79 Å². The number of nitrogens with one attached hydrogen (secondary N) is 1. The van der Waals surface area contributed by atoms with Crippen LogP contribution in [0.3, 0.4) is 0 Å². The van der Waals surface area contributed by atoms with E-state index in [1.54, 1.807) is 0 Å². The second kappa shape index (κ2) is 3.78. The van der Waals surface area contributed by atoms with Gasteiger partial charge >= 0.3 is 0 Å². The molecule has 86 valence electrons. The van der Waals surface area contributed by atoms with Gasteiger partial charge in [0.2, 0.25) is 5.91 Å². The summed E-state index contributed by atoms with van der Waals surface area (Å²) in [5.41, 5.74) is 5.44. The van der Waals surface area contributed by atoms with Crippen LogP contribution in [-0.4, -0.2) is 17.5 Å². The molecule has 0 aromatic heterocycles. The summed E-state index contributed by atoms with van der Waals surface area (Å²) in [7, 11) is 0. The van der Waals surface area contributed by atoms with E-state index in [2.05, 4.69) is 5.32 Å². The SMILES string of the molecule is CC(C)(N)CC(=O)NC1CC2CCC1C2. The Balaban J connectivity index is 1.80. The molecule has 2 aliphatic rings. The Morgan fingerprint density at radius 1 is 1.40 bits per heavy atom. The van der Waals surface area contributed by atoms with Gasteiger partial charge in [0.15, 0.2) is 0 Å². The summed E-state index contributed by atoms with van der Waals surface area (Å²) in [6.07, 6.45) is 5.64. The maximum Gasteiger partial charge on any atom is 0.222 e. The van der Waals surface area contributed by atoms with E-state index in [9.17, 15) is 4.79 Å². The van der Waals surface area contributed by atoms with Crippen molar-refractivity contribution >= 4 is 5.91 Å². The quantitative estimate of drug-likeness (QED) is 0.740. The highest BCUT2D eigenvalue weighted by molar-refractivity contribution is 5.77. The van der Waals surface area contributed by atoms with Crippen LogP contribution >= 0.6 is 0 Å². The van der Waals surface area contributed by atoms with Crippen LogP contribution in [0.5, 0.6) is 0 Å². The third-order valence-corrected chi connectivity index (χ3v) is 3.70. The van der Waals surface area contributed by atoms with Gasteiger partial charge in [-0.15, -0.1) is 0 Å². The molecule has 1 amide bonds. The number of carbonyl (C=O) groups is 1. The van der Waals surface area contributed by atoms with Crippen molar-refractivity contribution < 1.29 is 4.79 Å². The lowest BCUT2D eigenvalue weighted by atomic mass is 9.94. The van der Waals surface area contributed by atoms with Gasteiger partial charge in [0.1, 0.15) is 0 Å². The predicted molar refractivity (Wildman–Crippen MR) is 60.3 cm³/mol. The zero-order valence-electron chi connectivity index (χ0n) is 9.75. The molecule has 0 spiro atoms. The highest BCUT2D eigenvalue weighted by atomic mass is 16.1.